The molecular formula is C22H14B4ClF2N3O4. The van der Waals surface area contributed by atoms with E-state index in [-0.39, 0.29) is 50.9 Å². The number of carbonyl (C=O) groups is 4. The first-order valence-electron chi connectivity index (χ1n) is 10.7. The molecule has 14 heteroatoms. The van der Waals surface area contributed by atoms with Gasteiger partial charge in [0.15, 0.2) is 0 Å². The normalized spacial score (nSPS) is 19.8. The van der Waals surface area contributed by atoms with Crippen LogP contribution in [0.2, 0.25) is 5.02 Å². The molecule has 2 aromatic carbocycles. The molecule has 2 atom stereocenters. The Hall–Kier alpha value is -3.07. The maximum atomic E-state index is 14.6. The molecule has 0 aromatic heterocycles. The van der Waals surface area contributed by atoms with E-state index >= 15 is 0 Å². The Kier molecular flexibility index (Phi) is 6.81. The molecule has 0 bridgehead atoms. The highest BCUT2D eigenvalue weighted by Crippen LogP contribution is 2.33. The number of alkyl halides is 2. The number of hydrogen-bond acceptors (Lipinski definition) is 4. The predicted molar refractivity (Wildman–Crippen MR) is 131 cm³/mol. The number of halogens is 3. The first-order valence-corrected chi connectivity index (χ1v) is 11.1. The van der Waals surface area contributed by atoms with E-state index in [0.29, 0.717) is 0 Å². The van der Waals surface area contributed by atoms with Crippen molar-refractivity contribution in [2.24, 2.45) is 0 Å². The van der Waals surface area contributed by atoms with Crippen molar-refractivity contribution in [3.63, 3.8) is 0 Å². The summed E-state index contributed by atoms with van der Waals surface area (Å²) in [7, 11) is 24.6. The highest BCUT2D eigenvalue weighted by molar-refractivity contribution is 6.54. The Balaban J connectivity index is 1.62. The monoisotopic (exact) mass is 501 g/mol. The zero-order valence-electron chi connectivity index (χ0n) is 18.6. The van der Waals surface area contributed by atoms with Gasteiger partial charge in [0, 0.05) is 35.1 Å². The van der Waals surface area contributed by atoms with Crippen molar-refractivity contribution in [2.45, 2.75) is 37.3 Å². The highest BCUT2D eigenvalue weighted by Gasteiger charge is 2.45. The fourth-order valence-corrected chi connectivity index (χ4v) is 4.49. The molecule has 4 rings (SSSR count). The molecule has 2 heterocycles. The Bertz CT molecular complexity index is 1310. The fraction of sp³-hybridized carbons (Fsp3) is 0.273. The number of imide groups is 1. The lowest BCUT2D eigenvalue weighted by Gasteiger charge is -2.33. The van der Waals surface area contributed by atoms with Gasteiger partial charge >= 0.3 is 5.92 Å². The van der Waals surface area contributed by atoms with Crippen molar-refractivity contribution in [1.29, 1.82) is 0 Å². The maximum Gasteiger partial charge on any atom is 0.349 e. The van der Waals surface area contributed by atoms with Crippen molar-refractivity contribution >= 4 is 83.0 Å². The molecule has 0 aliphatic carbocycles. The van der Waals surface area contributed by atoms with Crippen LogP contribution in [0.3, 0.4) is 0 Å². The molecule has 2 unspecified atom stereocenters. The average Bonchev–Trinajstić information content (AvgIpc) is 3.08. The van der Waals surface area contributed by atoms with Crippen LogP contribution in [0.4, 0.5) is 8.78 Å². The minimum atomic E-state index is -3.90. The average molecular weight is 501 g/mol. The van der Waals surface area contributed by atoms with E-state index in [1.165, 1.54) is 12.1 Å². The molecule has 2 N–H and O–H groups in total. The van der Waals surface area contributed by atoms with Crippen molar-refractivity contribution in [3.8, 4) is 0 Å². The van der Waals surface area contributed by atoms with E-state index in [4.69, 9.17) is 43.0 Å². The standard InChI is InChI=1S/C22H14B4ClF2N3O4/c23-15-10(7-30-21(36)22(28,29)8-1-3-9(27)4-2-8)16(24)17(25)14-13(15)18(26)32(20(14)35)11-5-6-12(33)31-19(11)34/h1-4,11,18H,5-7H2,(H,30,36)(H,31,33,34). The van der Waals surface area contributed by atoms with E-state index in [1.54, 1.807) is 0 Å². The molecule has 36 heavy (non-hydrogen) atoms. The molecular weight excluding hydrogens is 487 g/mol. The zero-order valence-corrected chi connectivity index (χ0v) is 19.4. The molecule has 8 radical (unpaired) electrons. The number of nitrogens with one attached hydrogen (secondary N) is 2. The van der Waals surface area contributed by atoms with Crippen LogP contribution in [0.1, 0.15) is 45.8 Å². The van der Waals surface area contributed by atoms with Gasteiger partial charge < -0.3 is 10.2 Å². The van der Waals surface area contributed by atoms with Gasteiger partial charge in [0.1, 0.15) is 37.4 Å². The second-order valence-electron chi connectivity index (χ2n) is 8.40. The lowest BCUT2D eigenvalue weighted by molar-refractivity contribution is -0.147. The summed E-state index contributed by atoms with van der Waals surface area (Å²) >= 11 is 5.72. The molecule has 1 fully saturated rings. The van der Waals surface area contributed by atoms with Crippen LogP contribution in [0.5, 0.6) is 0 Å². The third kappa shape index (κ3) is 4.23. The van der Waals surface area contributed by atoms with E-state index in [1.807, 2.05) is 0 Å². The third-order valence-electron chi connectivity index (χ3n) is 6.28. The van der Waals surface area contributed by atoms with Crippen LogP contribution in [0.15, 0.2) is 24.3 Å². The molecule has 2 aromatic rings. The van der Waals surface area contributed by atoms with Gasteiger partial charge in [-0.25, -0.2) is 0 Å². The zero-order chi connectivity index (χ0) is 26.5. The van der Waals surface area contributed by atoms with Crippen LogP contribution < -0.4 is 27.0 Å². The second kappa shape index (κ2) is 9.42. The van der Waals surface area contributed by atoms with Crippen molar-refractivity contribution in [1.82, 2.24) is 15.5 Å². The molecule has 2 aliphatic heterocycles. The smallest absolute Gasteiger partial charge is 0.347 e. The van der Waals surface area contributed by atoms with Crippen LogP contribution >= 0.6 is 11.6 Å². The predicted octanol–water partition coefficient (Wildman–Crippen LogP) is -1.44. The fourth-order valence-electron chi connectivity index (χ4n) is 4.36. The SMILES string of the molecule is [B]c1c([B])c2c(c([B])c1CNC(=O)C(F)(F)c1ccc(Cl)cc1)C([B])N(C1CCC(=O)NC1=O)C2=O. The molecule has 2 aliphatic rings. The summed E-state index contributed by atoms with van der Waals surface area (Å²) in [5, 5.41) is 4.46. The van der Waals surface area contributed by atoms with Gasteiger partial charge in [-0.1, -0.05) is 40.1 Å². The lowest BCUT2D eigenvalue weighted by Crippen LogP contribution is -2.53. The molecule has 0 saturated carbocycles. The van der Waals surface area contributed by atoms with Crippen molar-refractivity contribution in [2.75, 3.05) is 0 Å². The Labute approximate surface area is 215 Å². The first-order chi connectivity index (χ1) is 16.9. The summed E-state index contributed by atoms with van der Waals surface area (Å²) < 4.78 is 29.3. The Morgan fingerprint density at radius 3 is 2.36 bits per heavy atom. The summed E-state index contributed by atoms with van der Waals surface area (Å²) in [5.74, 6) is -8.66. The third-order valence-corrected chi connectivity index (χ3v) is 6.53. The number of hydrogen-bond donors (Lipinski definition) is 2. The number of benzene rings is 2. The van der Waals surface area contributed by atoms with Gasteiger partial charge in [0.2, 0.25) is 11.8 Å². The number of amides is 4. The number of fused-ring (bicyclic) bond motifs is 1. The second-order valence-corrected chi connectivity index (χ2v) is 8.83. The maximum absolute atomic E-state index is 14.6. The van der Waals surface area contributed by atoms with Crippen LogP contribution in [-0.2, 0) is 26.9 Å². The number of piperidine rings is 1. The molecule has 174 valence electrons. The van der Waals surface area contributed by atoms with E-state index in [2.05, 4.69) is 10.6 Å². The van der Waals surface area contributed by atoms with E-state index < -0.39 is 53.6 Å². The largest absolute Gasteiger partial charge is 0.349 e. The van der Waals surface area contributed by atoms with Gasteiger partial charge in [-0.15, -0.1) is 0 Å². The van der Waals surface area contributed by atoms with Crippen LogP contribution in [0.25, 0.3) is 0 Å². The van der Waals surface area contributed by atoms with E-state index in [0.717, 1.165) is 17.0 Å². The topological polar surface area (TPSA) is 95.6 Å². The minimum Gasteiger partial charge on any atom is -0.347 e. The van der Waals surface area contributed by atoms with Gasteiger partial charge in [-0.05, 0) is 29.7 Å². The van der Waals surface area contributed by atoms with Crippen molar-refractivity contribution < 1.29 is 28.0 Å². The summed E-state index contributed by atoms with van der Waals surface area (Å²) in [6.07, 6.45) is 0.0333. The Morgan fingerprint density at radius 1 is 1.11 bits per heavy atom. The Morgan fingerprint density at radius 2 is 1.75 bits per heavy atom. The summed E-state index contributed by atoms with van der Waals surface area (Å²) in [6.45, 7) is -0.545. The van der Waals surface area contributed by atoms with Crippen molar-refractivity contribution in [3.05, 3.63) is 51.5 Å². The summed E-state index contributed by atoms with van der Waals surface area (Å²) in [6, 6.07) is 3.43. The summed E-state index contributed by atoms with van der Waals surface area (Å²) in [4.78, 5) is 50.4. The van der Waals surface area contributed by atoms with Gasteiger partial charge in [-0.2, -0.15) is 8.78 Å². The molecule has 1 saturated heterocycles. The first kappa shape index (κ1) is 26.0. The quantitative estimate of drug-likeness (QED) is 0.388. The number of carbonyl (C=O) groups excluding carboxylic acids is 4. The van der Waals surface area contributed by atoms with Crippen LogP contribution in [0, 0.1) is 0 Å². The molecule has 4 amide bonds. The van der Waals surface area contributed by atoms with Gasteiger partial charge in [-0.3, -0.25) is 24.5 Å². The van der Waals surface area contributed by atoms with Gasteiger partial charge in [0.25, 0.3) is 11.8 Å². The number of rotatable bonds is 5. The minimum absolute atomic E-state index is 0.00450. The number of nitrogens with zero attached hydrogens (tertiary/aromatic N) is 1. The highest BCUT2D eigenvalue weighted by atomic mass is 35.5. The lowest BCUT2D eigenvalue weighted by atomic mass is 9.66. The molecule has 7 nitrogen and oxygen atoms in total. The summed E-state index contributed by atoms with van der Waals surface area (Å²) in [5.41, 5.74) is -1.22. The van der Waals surface area contributed by atoms with Gasteiger partial charge in [0.05, 0.1) is 0 Å². The molecule has 0 spiro atoms. The van der Waals surface area contributed by atoms with Crippen LogP contribution in [-0.4, -0.2) is 66.0 Å². The van der Waals surface area contributed by atoms with E-state index in [9.17, 15) is 28.0 Å².